The Morgan fingerprint density at radius 1 is 1.39 bits per heavy atom. The zero-order valence-electron chi connectivity index (χ0n) is 9.70. The molecule has 1 saturated carbocycles. The van der Waals surface area contributed by atoms with Gasteiger partial charge in [-0.1, -0.05) is 0 Å². The summed E-state index contributed by atoms with van der Waals surface area (Å²) in [5.74, 6) is 0.730. The Balaban J connectivity index is 1.74. The van der Waals surface area contributed by atoms with Crippen molar-refractivity contribution in [3.8, 4) is 0 Å². The molecule has 3 nitrogen and oxygen atoms in total. The molecule has 0 aromatic heterocycles. The Bertz CT molecular complexity index is 526. The van der Waals surface area contributed by atoms with Crippen LogP contribution < -0.4 is 10.9 Å². The van der Waals surface area contributed by atoms with Crippen LogP contribution in [0.1, 0.15) is 18.4 Å². The van der Waals surface area contributed by atoms with Crippen LogP contribution in [0.5, 0.6) is 0 Å². The number of hydrogen-bond acceptors (Lipinski definition) is 3. The molecule has 1 fully saturated rings. The zero-order valence-corrected chi connectivity index (χ0v) is 10.5. The van der Waals surface area contributed by atoms with E-state index < -0.39 is 0 Å². The average Bonchev–Trinajstić information content (AvgIpc) is 3.20. The number of fused-ring (bicyclic) bond motifs is 1. The topological polar surface area (TPSA) is 41.1 Å². The van der Waals surface area contributed by atoms with Crippen molar-refractivity contribution >= 4 is 23.4 Å². The molecule has 0 bridgehead atoms. The first kappa shape index (κ1) is 11.6. The highest BCUT2D eigenvalue weighted by Crippen LogP contribution is 2.32. The van der Waals surface area contributed by atoms with Crippen LogP contribution >= 0.6 is 11.8 Å². The Morgan fingerprint density at radius 2 is 2.22 bits per heavy atom. The summed E-state index contributed by atoms with van der Waals surface area (Å²) < 4.78 is 13.3. The third-order valence-corrected chi connectivity index (χ3v) is 4.03. The van der Waals surface area contributed by atoms with Crippen LogP contribution in [0.4, 0.5) is 4.39 Å². The van der Waals surface area contributed by atoms with Crippen LogP contribution in [0.2, 0.25) is 0 Å². The molecule has 1 heterocycles. The van der Waals surface area contributed by atoms with Crippen LogP contribution in [-0.2, 0) is 4.79 Å². The average molecular weight is 264 g/mol. The Kier molecular flexibility index (Phi) is 2.99. The Morgan fingerprint density at radius 3 is 3.00 bits per heavy atom. The second kappa shape index (κ2) is 4.65. The second-order valence-electron chi connectivity index (χ2n) is 4.46. The van der Waals surface area contributed by atoms with Gasteiger partial charge in [-0.25, -0.2) is 4.39 Å². The number of nitrogens with one attached hydrogen (secondary N) is 2. The van der Waals surface area contributed by atoms with E-state index in [1.165, 1.54) is 12.1 Å². The van der Waals surface area contributed by atoms with Crippen molar-refractivity contribution in [2.75, 3.05) is 5.75 Å². The lowest BCUT2D eigenvalue weighted by Gasteiger charge is -2.19. The molecule has 94 valence electrons. The normalized spacial score (nSPS) is 17.7. The van der Waals surface area contributed by atoms with Crippen LogP contribution in [0.3, 0.4) is 0 Å². The zero-order chi connectivity index (χ0) is 12.5. The van der Waals surface area contributed by atoms with Crippen LogP contribution in [0, 0.1) is 11.7 Å². The molecule has 1 aliphatic carbocycles. The number of hydrazine groups is 1. The molecule has 0 spiro atoms. The van der Waals surface area contributed by atoms with Crippen molar-refractivity contribution in [1.29, 1.82) is 0 Å². The van der Waals surface area contributed by atoms with Gasteiger partial charge in [-0.15, -0.1) is 11.8 Å². The molecule has 0 atom stereocenters. The molecule has 1 aliphatic heterocycles. The fraction of sp³-hybridized carbons (Fsp3) is 0.308. The van der Waals surface area contributed by atoms with E-state index in [0.29, 0.717) is 0 Å². The number of carbonyl (C=O) groups excluding carboxylic acids is 1. The van der Waals surface area contributed by atoms with Crippen molar-refractivity contribution in [2.45, 2.75) is 17.7 Å². The molecular weight excluding hydrogens is 251 g/mol. The summed E-state index contributed by atoms with van der Waals surface area (Å²) in [4.78, 5) is 12.6. The molecule has 0 saturated heterocycles. The summed E-state index contributed by atoms with van der Waals surface area (Å²) in [6.07, 6.45) is 3.89. The van der Waals surface area contributed by atoms with Gasteiger partial charge in [0.05, 0.1) is 5.70 Å². The van der Waals surface area contributed by atoms with Crippen LogP contribution in [0.15, 0.2) is 29.2 Å². The standard InChI is InChI=1S/C13H13FN2OS/c14-9-3-4-12-10(7-9)11(5-6-18-12)15-16-13(17)8-1-2-8/h3-5,7-8,15H,1-2,6H2,(H,16,17). The van der Waals surface area contributed by atoms with E-state index in [4.69, 9.17) is 0 Å². The number of benzene rings is 1. The summed E-state index contributed by atoms with van der Waals surface area (Å²) in [6.45, 7) is 0. The third-order valence-electron chi connectivity index (χ3n) is 3.03. The largest absolute Gasteiger partial charge is 0.298 e. The van der Waals surface area contributed by atoms with Gasteiger partial charge in [-0.05, 0) is 37.1 Å². The molecule has 5 heteroatoms. The molecule has 1 aromatic rings. The minimum absolute atomic E-state index is 0.0204. The lowest BCUT2D eigenvalue weighted by molar-refractivity contribution is -0.122. The van der Waals surface area contributed by atoms with Crippen LogP contribution in [-0.4, -0.2) is 11.7 Å². The van der Waals surface area contributed by atoms with Gasteiger partial charge in [-0.2, -0.15) is 0 Å². The minimum atomic E-state index is -0.266. The monoisotopic (exact) mass is 264 g/mol. The number of thioether (sulfide) groups is 1. The summed E-state index contributed by atoms with van der Waals surface area (Å²) in [6, 6.07) is 4.72. The van der Waals surface area contributed by atoms with Gasteiger partial charge >= 0.3 is 0 Å². The number of hydrogen-bond donors (Lipinski definition) is 2. The predicted molar refractivity (Wildman–Crippen MR) is 69.1 cm³/mol. The maximum absolute atomic E-state index is 13.3. The van der Waals surface area contributed by atoms with Gasteiger partial charge in [0, 0.05) is 22.1 Å². The maximum atomic E-state index is 13.3. The lowest BCUT2D eigenvalue weighted by atomic mass is 10.1. The number of halogens is 1. The van der Waals surface area contributed by atoms with E-state index in [1.807, 2.05) is 6.08 Å². The highest BCUT2D eigenvalue weighted by molar-refractivity contribution is 7.99. The molecule has 1 aromatic carbocycles. The summed E-state index contributed by atoms with van der Waals surface area (Å²) in [5.41, 5.74) is 7.18. The SMILES string of the molecule is O=C(NNC1=CCSc2ccc(F)cc21)C1CC1. The quantitative estimate of drug-likeness (QED) is 0.823. The molecule has 0 unspecified atom stereocenters. The first-order valence-electron chi connectivity index (χ1n) is 5.93. The van der Waals surface area contributed by atoms with Gasteiger partial charge in [0.15, 0.2) is 0 Å². The van der Waals surface area contributed by atoms with Crippen molar-refractivity contribution in [1.82, 2.24) is 10.9 Å². The summed E-state index contributed by atoms with van der Waals surface area (Å²) in [5, 5.41) is 0. The first-order valence-corrected chi connectivity index (χ1v) is 6.91. The number of rotatable bonds is 3. The van der Waals surface area contributed by atoms with Gasteiger partial charge < -0.3 is 0 Å². The van der Waals surface area contributed by atoms with E-state index in [9.17, 15) is 9.18 Å². The van der Waals surface area contributed by atoms with Gasteiger partial charge in [0.1, 0.15) is 5.82 Å². The highest BCUT2D eigenvalue weighted by Gasteiger charge is 2.29. The Hall–Kier alpha value is -1.49. The molecule has 2 aliphatic rings. The van der Waals surface area contributed by atoms with Gasteiger partial charge in [0.2, 0.25) is 5.91 Å². The van der Waals surface area contributed by atoms with Crippen molar-refractivity contribution in [3.05, 3.63) is 35.7 Å². The van der Waals surface area contributed by atoms with E-state index in [0.717, 1.165) is 34.8 Å². The van der Waals surface area contributed by atoms with Crippen molar-refractivity contribution < 1.29 is 9.18 Å². The maximum Gasteiger partial charge on any atom is 0.241 e. The van der Waals surface area contributed by atoms with E-state index in [1.54, 1.807) is 17.8 Å². The molecule has 1 amide bonds. The van der Waals surface area contributed by atoms with E-state index in [2.05, 4.69) is 10.9 Å². The third kappa shape index (κ3) is 2.36. The second-order valence-corrected chi connectivity index (χ2v) is 5.52. The van der Waals surface area contributed by atoms with Gasteiger partial charge in [-0.3, -0.25) is 15.6 Å². The molecule has 0 radical (unpaired) electrons. The number of carbonyl (C=O) groups is 1. The molecule has 18 heavy (non-hydrogen) atoms. The molecular formula is C13H13FN2OS. The highest BCUT2D eigenvalue weighted by atomic mass is 32.2. The smallest absolute Gasteiger partial charge is 0.241 e. The summed E-state index contributed by atoms with van der Waals surface area (Å²) >= 11 is 1.66. The number of amides is 1. The Labute approximate surface area is 109 Å². The van der Waals surface area contributed by atoms with Crippen molar-refractivity contribution in [2.24, 2.45) is 5.92 Å². The predicted octanol–water partition coefficient (Wildman–Crippen LogP) is 2.30. The van der Waals surface area contributed by atoms with Crippen molar-refractivity contribution in [3.63, 3.8) is 0 Å². The van der Waals surface area contributed by atoms with E-state index >= 15 is 0 Å². The fourth-order valence-corrected chi connectivity index (χ4v) is 2.78. The fourth-order valence-electron chi connectivity index (χ4n) is 1.86. The van der Waals surface area contributed by atoms with Gasteiger partial charge in [0.25, 0.3) is 0 Å². The first-order chi connectivity index (χ1) is 8.74. The lowest BCUT2D eigenvalue weighted by Crippen LogP contribution is -2.37. The molecule has 3 rings (SSSR count). The summed E-state index contributed by atoms with van der Waals surface area (Å²) in [7, 11) is 0. The van der Waals surface area contributed by atoms with E-state index in [-0.39, 0.29) is 17.6 Å². The molecule has 2 N–H and O–H groups in total. The minimum Gasteiger partial charge on any atom is -0.298 e. The van der Waals surface area contributed by atoms with Crippen LogP contribution in [0.25, 0.3) is 5.70 Å².